The average molecular weight is 164 g/mol. The maximum absolute atomic E-state index is 2.43. The summed E-state index contributed by atoms with van der Waals surface area (Å²) >= 11 is 0. The van der Waals surface area contributed by atoms with Gasteiger partial charge >= 0.3 is 0 Å². The minimum atomic E-state index is 1.27. The van der Waals surface area contributed by atoms with Gasteiger partial charge in [-0.15, -0.1) is 0 Å². The third-order valence-corrected chi connectivity index (χ3v) is 2.37. The minimum absolute atomic E-state index is 1.27. The summed E-state index contributed by atoms with van der Waals surface area (Å²) in [6.07, 6.45) is 12.6. The maximum Gasteiger partial charge on any atom is -0.0282 e. The van der Waals surface area contributed by atoms with Gasteiger partial charge in [-0.1, -0.05) is 50.0 Å². The van der Waals surface area contributed by atoms with Crippen LogP contribution in [0.25, 0.3) is 0 Å². The zero-order valence-electron chi connectivity index (χ0n) is 8.40. The lowest BCUT2D eigenvalue weighted by molar-refractivity contribution is 0.799. The summed E-state index contributed by atoms with van der Waals surface area (Å²) in [5.74, 6) is 0. The Kier molecular flexibility index (Phi) is 4.13. The number of allylic oxidation sites excluding steroid dienone is 4. The Morgan fingerprint density at radius 2 is 1.92 bits per heavy atom. The molecule has 0 aliphatic heterocycles. The van der Waals surface area contributed by atoms with Crippen LogP contribution in [0.4, 0.5) is 0 Å². The smallest absolute Gasteiger partial charge is 0.0282 e. The predicted molar refractivity (Wildman–Crippen MR) is 55.2 cm³/mol. The molecule has 0 radical (unpaired) electrons. The first-order valence-corrected chi connectivity index (χ1v) is 5.25. The number of rotatable bonds is 4. The van der Waals surface area contributed by atoms with Gasteiger partial charge in [-0.05, 0) is 25.7 Å². The molecule has 0 heterocycles. The quantitative estimate of drug-likeness (QED) is 0.583. The molecule has 1 aliphatic rings. The largest absolute Gasteiger partial charge is 0.0810 e. The Morgan fingerprint density at radius 1 is 1.17 bits per heavy atom. The molecule has 68 valence electrons. The van der Waals surface area contributed by atoms with Crippen LogP contribution >= 0.6 is 0 Å². The molecule has 12 heavy (non-hydrogen) atoms. The molecule has 0 nitrogen and oxygen atoms in total. The summed E-state index contributed by atoms with van der Waals surface area (Å²) in [4.78, 5) is 0. The van der Waals surface area contributed by atoms with Gasteiger partial charge < -0.3 is 0 Å². The normalized spacial score (nSPS) is 17.2. The first kappa shape index (κ1) is 9.57. The molecule has 0 fully saturated rings. The van der Waals surface area contributed by atoms with E-state index >= 15 is 0 Å². The van der Waals surface area contributed by atoms with Crippen molar-refractivity contribution in [1.82, 2.24) is 0 Å². The lowest BCUT2D eigenvalue weighted by atomic mass is 9.94. The molecular formula is C12H20. The van der Waals surface area contributed by atoms with Gasteiger partial charge in [0.05, 0.1) is 0 Å². The second-order valence-electron chi connectivity index (χ2n) is 3.62. The van der Waals surface area contributed by atoms with Gasteiger partial charge in [0.25, 0.3) is 0 Å². The molecule has 0 saturated heterocycles. The fourth-order valence-corrected chi connectivity index (χ4v) is 1.82. The molecule has 1 aliphatic carbocycles. The van der Waals surface area contributed by atoms with E-state index in [4.69, 9.17) is 0 Å². The zero-order valence-corrected chi connectivity index (χ0v) is 8.40. The molecular weight excluding hydrogens is 144 g/mol. The van der Waals surface area contributed by atoms with E-state index in [2.05, 4.69) is 26.0 Å². The maximum atomic E-state index is 2.43. The Balaban J connectivity index is 2.48. The number of hydrogen-bond acceptors (Lipinski definition) is 0. The standard InChI is InChI=1S/C12H20/c1-3-6-11-8-5-9-12(10-11)7-4-2/h8,10H,3-7,9H2,1-2H3. The highest BCUT2D eigenvalue weighted by Gasteiger charge is 2.03. The van der Waals surface area contributed by atoms with Crippen LogP contribution in [0.5, 0.6) is 0 Å². The summed E-state index contributed by atoms with van der Waals surface area (Å²) in [6.45, 7) is 4.52. The Hall–Kier alpha value is -0.520. The predicted octanol–water partition coefficient (Wildman–Crippen LogP) is 4.23. The average Bonchev–Trinajstić information content (AvgIpc) is 2.06. The van der Waals surface area contributed by atoms with E-state index in [-0.39, 0.29) is 0 Å². The van der Waals surface area contributed by atoms with Crippen LogP contribution in [-0.4, -0.2) is 0 Å². The third kappa shape index (κ3) is 2.84. The highest BCUT2D eigenvalue weighted by molar-refractivity contribution is 5.27. The molecule has 0 saturated carbocycles. The van der Waals surface area contributed by atoms with Gasteiger partial charge in [0.1, 0.15) is 0 Å². The fraction of sp³-hybridized carbons (Fsp3) is 0.667. The van der Waals surface area contributed by atoms with Crippen molar-refractivity contribution in [1.29, 1.82) is 0 Å². The molecule has 0 aromatic carbocycles. The van der Waals surface area contributed by atoms with Crippen LogP contribution in [0, 0.1) is 0 Å². The SMILES string of the molecule is CCCC1=CCCC(CCC)=C1. The van der Waals surface area contributed by atoms with Crippen LogP contribution < -0.4 is 0 Å². The van der Waals surface area contributed by atoms with Gasteiger partial charge in [-0.25, -0.2) is 0 Å². The summed E-state index contributed by atoms with van der Waals surface area (Å²) in [5, 5.41) is 0. The van der Waals surface area contributed by atoms with Crippen molar-refractivity contribution in [2.45, 2.75) is 52.4 Å². The van der Waals surface area contributed by atoms with Crippen molar-refractivity contribution < 1.29 is 0 Å². The zero-order chi connectivity index (χ0) is 8.81. The highest BCUT2D eigenvalue weighted by Crippen LogP contribution is 2.23. The molecule has 0 amide bonds. The van der Waals surface area contributed by atoms with Crippen molar-refractivity contribution >= 4 is 0 Å². The van der Waals surface area contributed by atoms with Crippen molar-refractivity contribution in [2.75, 3.05) is 0 Å². The van der Waals surface area contributed by atoms with Crippen molar-refractivity contribution in [3.8, 4) is 0 Å². The lowest BCUT2D eigenvalue weighted by Gasteiger charge is -2.12. The Morgan fingerprint density at radius 3 is 2.58 bits per heavy atom. The molecule has 0 unspecified atom stereocenters. The second-order valence-corrected chi connectivity index (χ2v) is 3.62. The Labute approximate surface area is 76.4 Å². The fourth-order valence-electron chi connectivity index (χ4n) is 1.82. The molecule has 0 N–H and O–H groups in total. The molecule has 0 spiro atoms. The first-order valence-electron chi connectivity index (χ1n) is 5.25. The lowest BCUT2D eigenvalue weighted by Crippen LogP contribution is -1.92. The van der Waals surface area contributed by atoms with E-state index in [1.807, 2.05) is 0 Å². The van der Waals surface area contributed by atoms with Crippen LogP contribution in [0.2, 0.25) is 0 Å². The van der Waals surface area contributed by atoms with E-state index in [1.165, 1.54) is 38.5 Å². The van der Waals surface area contributed by atoms with E-state index in [1.54, 1.807) is 11.1 Å². The topological polar surface area (TPSA) is 0 Å². The van der Waals surface area contributed by atoms with E-state index in [0.717, 1.165) is 0 Å². The van der Waals surface area contributed by atoms with Crippen molar-refractivity contribution in [2.24, 2.45) is 0 Å². The van der Waals surface area contributed by atoms with Crippen molar-refractivity contribution in [3.05, 3.63) is 23.3 Å². The van der Waals surface area contributed by atoms with Crippen LogP contribution in [0.1, 0.15) is 52.4 Å². The van der Waals surface area contributed by atoms with E-state index in [9.17, 15) is 0 Å². The van der Waals surface area contributed by atoms with Gasteiger partial charge in [-0.2, -0.15) is 0 Å². The van der Waals surface area contributed by atoms with Crippen LogP contribution in [0.3, 0.4) is 0 Å². The third-order valence-electron chi connectivity index (χ3n) is 2.37. The summed E-state index contributed by atoms with van der Waals surface area (Å²) < 4.78 is 0. The first-order chi connectivity index (χ1) is 5.86. The molecule has 1 rings (SSSR count). The van der Waals surface area contributed by atoms with E-state index in [0.29, 0.717) is 0 Å². The van der Waals surface area contributed by atoms with Gasteiger partial charge in [0.15, 0.2) is 0 Å². The van der Waals surface area contributed by atoms with Crippen molar-refractivity contribution in [3.63, 3.8) is 0 Å². The van der Waals surface area contributed by atoms with Gasteiger partial charge in [0.2, 0.25) is 0 Å². The molecule has 0 atom stereocenters. The summed E-state index contributed by atoms with van der Waals surface area (Å²) in [5.41, 5.74) is 3.25. The van der Waals surface area contributed by atoms with Crippen LogP contribution in [-0.2, 0) is 0 Å². The molecule has 0 aromatic rings. The molecule has 0 aromatic heterocycles. The Bertz CT molecular complexity index is 184. The summed E-state index contributed by atoms with van der Waals surface area (Å²) in [6, 6.07) is 0. The minimum Gasteiger partial charge on any atom is -0.0810 e. The van der Waals surface area contributed by atoms with E-state index < -0.39 is 0 Å². The highest BCUT2D eigenvalue weighted by atomic mass is 14.1. The van der Waals surface area contributed by atoms with Gasteiger partial charge in [-0.3, -0.25) is 0 Å². The number of hydrogen-bond donors (Lipinski definition) is 0. The summed E-state index contributed by atoms with van der Waals surface area (Å²) in [7, 11) is 0. The van der Waals surface area contributed by atoms with Crippen LogP contribution in [0.15, 0.2) is 23.3 Å². The second kappa shape index (κ2) is 5.18. The van der Waals surface area contributed by atoms with Gasteiger partial charge in [0, 0.05) is 0 Å². The monoisotopic (exact) mass is 164 g/mol. The molecule has 0 heteroatoms. The molecule has 0 bridgehead atoms.